The highest BCUT2D eigenvalue weighted by Crippen LogP contribution is 2.59. The van der Waals surface area contributed by atoms with Gasteiger partial charge in [-0.25, -0.2) is 4.98 Å². The fourth-order valence-electron chi connectivity index (χ4n) is 6.26. The summed E-state index contributed by atoms with van der Waals surface area (Å²) in [4.78, 5) is 4.55. The zero-order chi connectivity index (χ0) is 13.2. The summed E-state index contributed by atoms with van der Waals surface area (Å²) in [6.07, 6.45) is 15.7. The third-order valence-corrected chi connectivity index (χ3v) is 6.60. The predicted octanol–water partition coefficient (Wildman–Crippen LogP) is 3.23. The van der Waals surface area contributed by atoms with Crippen molar-refractivity contribution in [1.29, 1.82) is 0 Å². The summed E-state index contributed by atoms with van der Waals surface area (Å²) in [5, 5.41) is 3.67. The van der Waals surface area contributed by atoms with Gasteiger partial charge in [0.15, 0.2) is 0 Å². The molecule has 6 rings (SSSR count). The smallest absolute Gasteiger partial charge is 0.0953 e. The second-order valence-corrected chi connectivity index (χ2v) is 7.98. The molecule has 1 N–H and O–H groups in total. The molecule has 1 aliphatic heterocycles. The number of nitrogens with zero attached hydrogens (tertiary/aromatic N) is 2. The van der Waals surface area contributed by atoms with Crippen molar-refractivity contribution in [2.24, 2.45) is 17.8 Å². The zero-order valence-corrected chi connectivity index (χ0v) is 12.2. The fraction of sp³-hybridized carbons (Fsp3) is 0.824. The average molecular weight is 271 g/mol. The first-order chi connectivity index (χ1) is 9.82. The molecule has 0 spiro atoms. The van der Waals surface area contributed by atoms with Gasteiger partial charge in [0, 0.05) is 17.8 Å². The molecule has 1 saturated heterocycles. The van der Waals surface area contributed by atoms with E-state index in [1.807, 2.05) is 0 Å². The summed E-state index contributed by atoms with van der Waals surface area (Å²) in [5.74, 6) is 3.02. The number of nitrogens with one attached hydrogen (secondary N) is 1. The van der Waals surface area contributed by atoms with E-state index in [9.17, 15) is 0 Å². The number of aromatic nitrogens is 2. The largest absolute Gasteiger partial charge is 0.327 e. The molecule has 1 aromatic heterocycles. The van der Waals surface area contributed by atoms with Crippen molar-refractivity contribution in [3.05, 3.63) is 18.2 Å². The Morgan fingerprint density at radius 3 is 2.40 bits per heavy atom. The lowest BCUT2D eigenvalue weighted by Crippen LogP contribution is -2.52. The molecule has 5 aliphatic rings. The number of hydrogen-bond donors (Lipinski definition) is 1. The summed E-state index contributed by atoms with van der Waals surface area (Å²) < 4.78 is 2.63. The average Bonchev–Trinajstić information content (AvgIpc) is 3.08. The molecule has 1 atom stereocenters. The van der Waals surface area contributed by atoms with Crippen molar-refractivity contribution in [2.75, 3.05) is 6.54 Å². The van der Waals surface area contributed by atoms with Gasteiger partial charge in [0.2, 0.25) is 0 Å². The first-order valence-electron chi connectivity index (χ1n) is 8.58. The summed E-state index contributed by atoms with van der Waals surface area (Å²) in [6, 6.07) is 0.561. The van der Waals surface area contributed by atoms with Gasteiger partial charge in [0.1, 0.15) is 0 Å². The number of hydrogen-bond acceptors (Lipinski definition) is 2. The van der Waals surface area contributed by atoms with Crippen molar-refractivity contribution in [2.45, 2.75) is 62.9 Å². The molecule has 5 fully saturated rings. The van der Waals surface area contributed by atoms with Gasteiger partial charge in [-0.05, 0) is 75.7 Å². The highest BCUT2D eigenvalue weighted by molar-refractivity contribution is 5.15. The molecule has 0 amide bonds. The van der Waals surface area contributed by atoms with E-state index < -0.39 is 0 Å². The zero-order valence-electron chi connectivity index (χ0n) is 12.2. The first-order valence-corrected chi connectivity index (χ1v) is 8.58. The van der Waals surface area contributed by atoms with Crippen LogP contribution in [-0.2, 0) is 5.54 Å². The normalized spacial score (nSPS) is 46.2. The lowest BCUT2D eigenvalue weighted by atomic mass is 9.53. The van der Waals surface area contributed by atoms with Gasteiger partial charge in [-0.3, -0.25) is 0 Å². The SMILES string of the molecule is c1ncn(C23CC4CC(CC(C4)C2)C3)c1C1CCCN1. The van der Waals surface area contributed by atoms with Crippen LogP contribution in [0.4, 0.5) is 0 Å². The van der Waals surface area contributed by atoms with E-state index in [-0.39, 0.29) is 0 Å². The minimum Gasteiger partial charge on any atom is -0.327 e. The Hall–Kier alpha value is -0.830. The third kappa shape index (κ3) is 1.59. The second-order valence-electron chi connectivity index (χ2n) is 7.98. The van der Waals surface area contributed by atoms with Gasteiger partial charge in [-0.15, -0.1) is 0 Å². The molecule has 0 aromatic carbocycles. The van der Waals surface area contributed by atoms with E-state index in [2.05, 4.69) is 27.4 Å². The van der Waals surface area contributed by atoms with Gasteiger partial charge < -0.3 is 9.88 Å². The van der Waals surface area contributed by atoms with E-state index >= 15 is 0 Å². The Bertz CT molecular complexity index is 477. The van der Waals surface area contributed by atoms with Crippen molar-refractivity contribution >= 4 is 0 Å². The maximum absolute atomic E-state index is 4.55. The molecule has 4 aliphatic carbocycles. The maximum Gasteiger partial charge on any atom is 0.0953 e. The Morgan fingerprint density at radius 1 is 1.10 bits per heavy atom. The molecule has 4 bridgehead atoms. The number of rotatable bonds is 2. The van der Waals surface area contributed by atoms with E-state index in [0.29, 0.717) is 11.6 Å². The minimum atomic E-state index is 0.435. The highest BCUT2D eigenvalue weighted by Gasteiger charge is 2.52. The van der Waals surface area contributed by atoms with Crippen molar-refractivity contribution < 1.29 is 0 Å². The van der Waals surface area contributed by atoms with Crippen LogP contribution in [0.15, 0.2) is 12.5 Å². The monoisotopic (exact) mass is 271 g/mol. The molecule has 1 aromatic rings. The lowest BCUT2D eigenvalue weighted by molar-refractivity contribution is -0.0448. The number of imidazole rings is 1. The van der Waals surface area contributed by atoms with Crippen molar-refractivity contribution in [1.82, 2.24) is 14.9 Å². The van der Waals surface area contributed by atoms with Gasteiger partial charge >= 0.3 is 0 Å². The first kappa shape index (κ1) is 11.8. The molecule has 4 saturated carbocycles. The van der Waals surface area contributed by atoms with Crippen LogP contribution in [0.25, 0.3) is 0 Å². The summed E-state index contributed by atoms with van der Waals surface area (Å²) in [6.45, 7) is 1.18. The fourth-order valence-corrected chi connectivity index (χ4v) is 6.26. The summed E-state index contributed by atoms with van der Waals surface area (Å²) in [7, 11) is 0. The van der Waals surface area contributed by atoms with E-state index in [4.69, 9.17) is 0 Å². The second kappa shape index (κ2) is 4.09. The van der Waals surface area contributed by atoms with Crippen LogP contribution in [0, 0.1) is 17.8 Å². The van der Waals surface area contributed by atoms with Gasteiger partial charge in [-0.1, -0.05) is 0 Å². The van der Waals surface area contributed by atoms with Crippen LogP contribution >= 0.6 is 0 Å². The molecule has 3 nitrogen and oxygen atoms in total. The van der Waals surface area contributed by atoms with Crippen LogP contribution in [0.5, 0.6) is 0 Å². The summed E-state index contributed by atoms with van der Waals surface area (Å²) >= 11 is 0. The van der Waals surface area contributed by atoms with Crippen molar-refractivity contribution in [3.63, 3.8) is 0 Å². The minimum absolute atomic E-state index is 0.435. The van der Waals surface area contributed by atoms with Gasteiger partial charge in [0.25, 0.3) is 0 Å². The van der Waals surface area contributed by atoms with Gasteiger partial charge in [0.05, 0.1) is 12.0 Å². The summed E-state index contributed by atoms with van der Waals surface area (Å²) in [5.41, 5.74) is 1.91. The van der Waals surface area contributed by atoms with Crippen LogP contribution in [0.3, 0.4) is 0 Å². The molecule has 3 heteroatoms. The van der Waals surface area contributed by atoms with E-state index in [1.54, 1.807) is 0 Å². The van der Waals surface area contributed by atoms with E-state index in [1.165, 1.54) is 63.6 Å². The van der Waals surface area contributed by atoms with Crippen molar-refractivity contribution in [3.8, 4) is 0 Å². The van der Waals surface area contributed by atoms with Crippen LogP contribution < -0.4 is 5.32 Å². The van der Waals surface area contributed by atoms with Crippen LogP contribution in [0.1, 0.15) is 63.1 Å². The molecule has 2 heterocycles. The molecular weight excluding hydrogens is 246 g/mol. The van der Waals surface area contributed by atoms with Crippen LogP contribution in [0.2, 0.25) is 0 Å². The Labute approximate surface area is 121 Å². The maximum atomic E-state index is 4.55. The molecule has 0 radical (unpaired) electrons. The van der Waals surface area contributed by atoms with Gasteiger partial charge in [-0.2, -0.15) is 0 Å². The highest BCUT2D eigenvalue weighted by atomic mass is 15.2. The Kier molecular flexibility index (Phi) is 2.41. The topological polar surface area (TPSA) is 29.9 Å². The molecular formula is C17H25N3. The van der Waals surface area contributed by atoms with Crippen LogP contribution in [-0.4, -0.2) is 16.1 Å². The quantitative estimate of drug-likeness (QED) is 0.895. The Morgan fingerprint density at radius 2 is 1.80 bits per heavy atom. The van der Waals surface area contributed by atoms with E-state index in [0.717, 1.165) is 17.8 Å². The lowest BCUT2D eigenvalue weighted by Gasteiger charge is -2.57. The Balaban J connectivity index is 1.55. The standard InChI is InChI=1S/C17H25N3/c1-2-15(19-3-1)16-10-18-11-20(16)17-7-12-4-13(8-17)6-14(5-12)9-17/h10-15,19H,1-9H2. The predicted molar refractivity (Wildman–Crippen MR) is 78.4 cm³/mol. The third-order valence-electron chi connectivity index (χ3n) is 6.60. The molecule has 1 unspecified atom stereocenters. The molecule has 108 valence electrons. The molecule has 20 heavy (non-hydrogen) atoms.